The Morgan fingerprint density at radius 1 is 1.16 bits per heavy atom. The Kier molecular flexibility index (Phi) is 4.92. The van der Waals surface area contributed by atoms with Crippen molar-refractivity contribution in [3.05, 3.63) is 52.2 Å². The maximum absolute atomic E-state index is 13.4. The Morgan fingerprint density at radius 2 is 1.97 bits per heavy atom. The van der Waals surface area contributed by atoms with E-state index >= 15 is 0 Å². The van der Waals surface area contributed by atoms with Crippen LogP contribution in [0.4, 0.5) is 11.6 Å². The number of fused-ring (bicyclic) bond motifs is 1. The molecule has 0 bridgehead atoms. The number of nitrogens with one attached hydrogen (secondary N) is 1. The summed E-state index contributed by atoms with van der Waals surface area (Å²) in [5, 5.41) is 9.21. The maximum atomic E-state index is 13.4. The normalized spacial score (nSPS) is 20.3. The maximum Gasteiger partial charge on any atom is 0.259 e. The molecule has 0 saturated carbocycles. The van der Waals surface area contributed by atoms with Gasteiger partial charge in [-0.1, -0.05) is 6.07 Å². The number of nitrogens with zero attached hydrogens (tertiary/aromatic N) is 6. The number of thiazole rings is 1. The van der Waals surface area contributed by atoms with Gasteiger partial charge in [0, 0.05) is 43.4 Å². The van der Waals surface area contributed by atoms with E-state index in [2.05, 4.69) is 46.1 Å². The second kappa shape index (κ2) is 7.64. The molecule has 2 aliphatic rings. The van der Waals surface area contributed by atoms with Gasteiger partial charge in [-0.25, -0.2) is 14.6 Å². The van der Waals surface area contributed by atoms with Gasteiger partial charge in [-0.15, -0.1) is 11.3 Å². The molecule has 0 aromatic carbocycles. The first-order valence-corrected chi connectivity index (χ1v) is 11.5. The molecule has 162 valence electrons. The van der Waals surface area contributed by atoms with E-state index < -0.39 is 0 Å². The van der Waals surface area contributed by atoms with E-state index in [0.29, 0.717) is 18.7 Å². The van der Waals surface area contributed by atoms with Crippen molar-refractivity contribution in [1.29, 1.82) is 0 Å². The number of aromatic nitrogens is 4. The Bertz CT molecular complexity index is 1080. The number of aryl methyl sites for hydroxylation is 1. The number of rotatable bonds is 3. The minimum Gasteiger partial charge on any atom is -0.360 e. The van der Waals surface area contributed by atoms with Gasteiger partial charge in [0.25, 0.3) is 5.91 Å². The predicted octanol–water partition coefficient (Wildman–Crippen LogP) is 3.30. The molecule has 8 nitrogen and oxygen atoms in total. The first-order valence-electron chi connectivity index (χ1n) is 10.6. The van der Waals surface area contributed by atoms with Crippen LogP contribution in [0.25, 0.3) is 0 Å². The number of carbonyl (C=O) groups excluding carboxylic acids is 1. The van der Waals surface area contributed by atoms with Crippen LogP contribution in [-0.2, 0) is 5.54 Å². The van der Waals surface area contributed by atoms with E-state index in [1.807, 2.05) is 34.0 Å². The van der Waals surface area contributed by atoms with Gasteiger partial charge in [-0.05, 0) is 39.3 Å². The summed E-state index contributed by atoms with van der Waals surface area (Å²) >= 11 is 1.70. The SMILES string of the molecule is Cc1cnc(C2CC(C)(C)n3ncc(C(=O)N4CCN(c5ccccn5)CC4)c3N2)s1. The van der Waals surface area contributed by atoms with Crippen LogP contribution in [0.3, 0.4) is 0 Å². The van der Waals surface area contributed by atoms with Crippen molar-refractivity contribution in [1.82, 2.24) is 24.6 Å². The third-order valence-electron chi connectivity index (χ3n) is 6.07. The van der Waals surface area contributed by atoms with E-state index in [4.69, 9.17) is 0 Å². The number of piperazine rings is 1. The van der Waals surface area contributed by atoms with Crippen LogP contribution in [0.2, 0.25) is 0 Å². The molecule has 31 heavy (non-hydrogen) atoms. The third-order valence-corrected chi connectivity index (χ3v) is 7.09. The summed E-state index contributed by atoms with van der Waals surface area (Å²) in [7, 11) is 0. The zero-order valence-electron chi connectivity index (χ0n) is 18.1. The van der Waals surface area contributed by atoms with E-state index in [1.165, 1.54) is 4.88 Å². The number of anilines is 2. The molecule has 1 unspecified atom stereocenters. The fourth-order valence-electron chi connectivity index (χ4n) is 4.44. The number of carbonyl (C=O) groups is 1. The van der Waals surface area contributed by atoms with Gasteiger partial charge in [0.05, 0.1) is 17.8 Å². The molecule has 1 N–H and O–H groups in total. The highest BCUT2D eigenvalue weighted by Crippen LogP contribution is 2.41. The topological polar surface area (TPSA) is 79.2 Å². The molecule has 1 fully saturated rings. The van der Waals surface area contributed by atoms with Crippen LogP contribution >= 0.6 is 11.3 Å². The van der Waals surface area contributed by atoms with Gasteiger partial charge in [0.15, 0.2) is 0 Å². The summed E-state index contributed by atoms with van der Waals surface area (Å²) in [5.41, 5.74) is 0.429. The zero-order valence-corrected chi connectivity index (χ0v) is 18.9. The number of pyridine rings is 1. The molecular weight excluding hydrogens is 410 g/mol. The monoisotopic (exact) mass is 437 g/mol. The van der Waals surface area contributed by atoms with Crippen molar-refractivity contribution < 1.29 is 4.79 Å². The van der Waals surface area contributed by atoms with Crippen LogP contribution < -0.4 is 10.2 Å². The minimum absolute atomic E-state index is 0.0289. The fraction of sp³-hybridized carbons (Fsp3) is 0.455. The molecule has 2 aliphatic heterocycles. The van der Waals surface area contributed by atoms with Crippen molar-refractivity contribution in [2.45, 2.75) is 38.8 Å². The molecule has 3 aromatic rings. The van der Waals surface area contributed by atoms with Crippen LogP contribution in [-0.4, -0.2) is 56.7 Å². The van der Waals surface area contributed by atoms with Crippen LogP contribution in [0.5, 0.6) is 0 Å². The molecule has 9 heteroatoms. The fourth-order valence-corrected chi connectivity index (χ4v) is 5.26. The van der Waals surface area contributed by atoms with Crippen molar-refractivity contribution >= 4 is 28.9 Å². The lowest BCUT2D eigenvalue weighted by Gasteiger charge is -2.38. The number of hydrogen-bond donors (Lipinski definition) is 1. The molecule has 5 rings (SSSR count). The first kappa shape index (κ1) is 20.0. The Hall–Kier alpha value is -2.94. The summed E-state index contributed by atoms with van der Waals surface area (Å²) in [6.07, 6.45) is 6.30. The van der Waals surface area contributed by atoms with E-state index in [0.717, 1.165) is 36.2 Å². The van der Waals surface area contributed by atoms with Crippen LogP contribution in [0, 0.1) is 6.92 Å². The standard InChI is InChI=1S/C22H27N7OS/c1-15-13-24-20(31-15)17-12-22(2,3)29-19(26-17)16(14-25-29)21(30)28-10-8-27(9-11-28)18-6-4-5-7-23-18/h4-7,13-14,17,26H,8-12H2,1-3H3. The summed E-state index contributed by atoms with van der Waals surface area (Å²) in [4.78, 5) is 27.8. The quantitative estimate of drug-likeness (QED) is 0.677. The Morgan fingerprint density at radius 3 is 2.65 bits per heavy atom. The molecule has 0 radical (unpaired) electrons. The van der Waals surface area contributed by atoms with E-state index in [1.54, 1.807) is 23.7 Å². The summed E-state index contributed by atoms with van der Waals surface area (Å²) < 4.78 is 1.96. The molecule has 1 amide bonds. The number of amides is 1. The van der Waals surface area contributed by atoms with Crippen LogP contribution in [0.15, 0.2) is 36.8 Å². The highest BCUT2D eigenvalue weighted by molar-refractivity contribution is 7.11. The predicted molar refractivity (Wildman–Crippen MR) is 122 cm³/mol. The van der Waals surface area contributed by atoms with Crippen LogP contribution in [0.1, 0.15) is 46.6 Å². The lowest BCUT2D eigenvalue weighted by molar-refractivity contribution is 0.0747. The van der Waals surface area contributed by atoms with E-state index in [-0.39, 0.29) is 17.5 Å². The molecule has 0 aliphatic carbocycles. The second-order valence-corrected chi connectivity index (χ2v) is 10.1. The van der Waals surface area contributed by atoms with Gasteiger partial charge >= 0.3 is 0 Å². The minimum atomic E-state index is -0.207. The highest BCUT2D eigenvalue weighted by Gasteiger charge is 2.38. The second-order valence-electron chi connectivity index (χ2n) is 8.81. The Balaban J connectivity index is 1.35. The van der Waals surface area contributed by atoms with Crippen molar-refractivity contribution in [2.75, 3.05) is 36.4 Å². The van der Waals surface area contributed by atoms with Gasteiger partial charge in [-0.2, -0.15) is 5.10 Å². The zero-order chi connectivity index (χ0) is 21.6. The molecule has 5 heterocycles. The Labute approximate surface area is 185 Å². The van der Waals surface area contributed by atoms with Gasteiger partial charge in [-0.3, -0.25) is 4.79 Å². The molecule has 0 spiro atoms. The van der Waals surface area contributed by atoms with E-state index in [9.17, 15) is 4.79 Å². The molecule has 1 atom stereocenters. The molecular formula is C22H27N7OS. The van der Waals surface area contributed by atoms with Gasteiger partial charge < -0.3 is 15.1 Å². The summed E-state index contributed by atoms with van der Waals surface area (Å²) in [6, 6.07) is 6.00. The smallest absolute Gasteiger partial charge is 0.259 e. The molecule has 3 aromatic heterocycles. The average Bonchev–Trinajstić information content (AvgIpc) is 3.40. The molecule has 1 saturated heterocycles. The summed E-state index contributed by atoms with van der Waals surface area (Å²) in [5.74, 6) is 1.79. The highest BCUT2D eigenvalue weighted by atomic mass is 32.1. The van der Waals surface area contributed by atoms with Gasteiger partial charge in [0.1, 0.15) is 22.2 Å². The number of hydrogen-bond acceptors (Lipinski definition) is 7. The average molecular weight is 438 g/mol. The van der Waals surface area contributed by atoms with Gasteiger partial charge in [0.2, 0.25) is 0 Å². The van der Waals surface area contributed by atoms with Crippen molar-refractivity contribution in [2.24, 2.45) is 0 Å². The summed E-state index contributed by atoms with van der Waals surface area (Å²) in [6.45, 7) is 9.27. The van der Waals surface area contributed by atoms with Crippen molar-refractivity contribution in [3.8, 4) is 0 Å². The lowest BCUT2D eigenvalue weighted by atomic mass is 9.93. The first-order chi connectivity index (χ1) is 14.9. The lowest BCUT2D eigenvalue weighted by Crippen LogP contribution is -2.49. The van der Waals surface area contributed by atoms with Crippen molar-refractivity contribution in [3.63, 3.8) is 0 Å². The third kappa shape index (κ3) is 3.67. The largest absolute Gasteiger partial charge is 0.360 e.